The number of nitrogens with zero attached hydrogens (tertiary/aromatic N) is 1. The Morgan fingerprint density at radius 3 is 2.21 bits per heavy atom. The number of rotatable bonds is 2. The maximum atomic E-state index is 10.7. The van der Waals surface area contributed by atoms with Gasteiger partial charge in [0.15, 0.2) is 0 Å². The highest BCUT2D eigenvalue weighted by molar-refractivity contribution is 5.86. The molecule has 1 aliphatic heterocycles. The maximum Gasteiger partial charge on any atom is 0.331 e. The molecule has 0 spiro atoms. The Labute approximate surface area is 85.4 Å². The third kappa shape index (κ3) is 2.58. The van der Waals surface area contributed by atoms with Gasteiger partial charge in [0.1, 0.15) is 0 Å². The van der Waals surface area contributed by atoms with Crippen molar-refractivity contribution in [2.75, 3.05) is 13.1 Å². The van der Waals surface area contributed by atoms with Gasteiger partial charge in [-0.15, -0.1) is 0 Å². The zero-order chi connectivity index (χ0) is 10.7. The Morgan fingerprint density at radius 2 is 1.86 bits per heavy atom. The predicted octanol–water partition coefficient (Wildman–Crippen LogP) is 1.89. The van der Waals surface area contributed by atoms with Gasteiger partial charge in [-0.25, -0.2) is 4.79 Å². The van der Waals surface area contributed by atoms with E-state index in [0.29, 0.717) is 11.6 Å². The van der Waals surface area contributed by atoms with Gasteiger partial charge in [-0.3, -0.25) is 0 Å². The topological polar surface area (TPSA) is 40.5 Å². The van der Waals surface area contributed by atoms with Crippen molar-refractivity contribution in [3.8, 4) is 0 Å². The first-order valence-corrected chi connectivity index (χ1v) is 5.18. The molecule has 0 aromatic heterocycles. The van der Waals surface area contributed by atoms with E-state index in [1.807, 2.05) is 0 Å². The molecule has 0 atom stereocenters. The number of aliphatic carboxylic acids is 1. The summed E-state index contributed by atoms with van der Waals surface area (Å²) < 4.78 is 0. The highest BCUT2D eigenvalue weighted by Crippen LogP contribution is 2.21. The van der Waals surface area contributed by atoms with Gasteiger partial charge in [-0.05, 0) is 33.6 Å². The van der Waals surface area contributed by atoms with Crippen molar-refractivity contribution < 1.29 is 9.90 Å². The van der Waals surface area contributed by atoms with Crippen molar-refractivity contribution in [1.82, 2.24) is 4.90 Å². The second kappa shape index (κ2) is 4.60. The van der Waals surface area contributed by atoms with E-state index in [9.17, 15) is 4.79 Å². The van der Waals surface area contributed by atoms with E-state index in [1.54, 1.807) is 6.92 Å². The van der Waals surface area contributed by atoms with Gasteiger partial charge < -0.3 is 10.0 Å². The average Bonchev–Trinajstić information content (AvgIpc) is 2.16. The van der Waals surface area contributed by atoms with E-state index in [4.69, 9.17) is 5.11 Å². The van der Waals surface area contributed by atoms with Crippen LogP contribution in [0.3, 0.4) is 0 Å². The minimum atomic E-state index is -0.766. The minimum absolute atomic E-state index is 0.549. The normalized spacial score (nSPS) is 18.7. The second-order valence-electron chi connectivity index (χ2n) is 4.16. The van der Waals surface area contributed by atoms with Crippen LogP contribution in [0, 0.1) is 0 Å². The maximum absolute atomic E-state index is 10.7. The summed E-state index contributed by atoms with van der Waals surface area (Å²) in [7, 11) is 0. The van der Waals surface area contributed by atoms with Crippen LogP contribution in [0.5, 0.6) is 0 Å². The first-order chi connectivity index (χ1) is 6.52. The molecule has 1 rings (SSSR count). The van der Waals surface area contributed by atoms with Gasteiger partial charge in [0.05, 0.1) is 0 Å². The molecular weight excluding hydrogens is 178 g/mol. The fourth-order valence-electron chi connectivity index (χ4n) is 1.84. The quantitative estimate of drug-likeness (QED) is 0.687. The number of carbonyl (C=O) groups is 1. The van der Waals surface area contributed by atoms with E-state index < -0.39 is 5.97 Å². The lowest BCUT2D eigenvalue weighted by molar-refractivity contribution is -0.132. The number of carboxylic acids is 1. The summed E-state index contributed by atoms with van der Waals surface area (Å²) in [6.45, 7) is 8.06. The Kier molecular flexibility index (Phi) is 3.69. The number of likely N-dealkylation sites (tertiary alicyclic amines) is 1. The zero-order valence-electron chi connectivity index (χ0n) is 9.21. The molecule has 0 amide bonds. The van der Waals surface area contributed by atoms with Crippen LogP contribution in [-0.4, -0.2) is 35.1 Å². The fraction of sp³-hybridized carbons (Fsp3) is 0.727. The molecule has 0 aromatic rings. The number of carboxylic acid groups (broad SMARTS) is 1. The smallest absolute Gasteiger partial charge is 0.331 e. The van der Waals surface area contributed by atoms with Gasteiger partial charge in [-0.1, -0.05) is 5.57 Å². The molecule has 0 radical (unpaired) electrons. The third-order valence-electron chi connectivity index (χ3n) is 2.98. The van der Waals surface area contributed by atoms with E-state index in [0.717, 1.165) is 31.5 Å². The third-order valence-corrected chi connectivity index (χ3v) is 2.98. The second-order valence-corrected chi connectivity index (χ2v) is 4.16. The SMILES string of the molecule is CC(C(=O)O)=C1CCN(C(C)C)CC1. The van der Waals surface area contributed by atoms with Gasteiger partial charge in [0.2, 0.25) is 0 Å². The van der Waals surface area contributed by atoms with Crippen molar-refractivity contribution in [1.29, 1.82) is 0 Å². The van der Waals surface area contributed by atoms with Crippen LogP contribution < -0.4 is 0 Å². The summed E-state index contributed by atoms with van der Waals surface area (Å²) in [6.07, 6.45) is 1.83. The van der Waals surface area contributed by atoms with Crippen LogP contribution in [0.1, 0.15) is 33.6 Å². The molecule has 0 aliphatic carbocycles. The van der Waals surface area contributed by atoms with E-state index in [1.165, 1.54) is 0 Å². The summed E-state index contributed by atoms with van der Waals surface area (Å²) in [4.78, 5) is 13.1. The molecule has 1 N–H and O–H groups in total. The predicted molar refractivity (Wildman–Crippen MR) is 56.3 cm³/mol. The van der Waals surface area contributed by atoms with Gasteiger partial charge >= 0.3 is 5.97 Å². The highest BCUT2D eigenvalue weighted by Gasteiger charge is 2.19. The number of hydrogen-bond donors (Lipinski definition) is 1. The Balaban J connectivity index is 2.59. The molecule has 0 aromatic carbocycles. The van der Waals surface area contributed by atoms with Crippen LogP contribution in [-0.2, 0) is 4.79 Å². The summed E-state index contributed by atoms with van der Waals surface area (Å²) in [5, 5.41) is 8.84. The summed E-state index contributed by atoms with van der Waals surface area (Å²) in [5.41, 5.74) is 1.67. The molecule has 3 nitrogen and oxygen atoms in total. The minimum Gasteiger partial charge on any atom is -0.478 e. The molecule has 3 heteroatoms. The van der Waals surface area contributed by atoms with Gasteiger partial charge in [0, 0.05) is 24.7 Å². The Morgan fingerprint density at radius 1 is 1.36 bits per heavy atom. The molecule has 1 heterocycles. The molecule has 1 aliphatic rings. The largest absolute Gasteiger partial charge is 0.478 e. The summed E-state index contributed by atoms with van der Waals surface area (Å²) in [6, 6.07) is 0.571. The lowest BCUT2D eigenvalue weighted by atomic mass is 9.98. The number of hydrogen-bond acceptors (Lipinski definition) is 2. The molecule has 1 saturated heterocycles. The lowest BCUT2D eigenvalue weighted by Gasteiger charge is -2.32. The Bertz CT molecular complexity index is 246. The van der Waals surface area contributed by atoms with E-state index in [-0.39, 0.29) is 0 Å². The fourth-order valence-corrected chi connectivity index (χ4v) is 1.84. The van der Waals surface area contributed by atoms with Crippen molar-refractivity contribution in [3.05, 3.63) is 11.1 Å². The molecule has 0 bridgehead atoms. The molecule has 0 saturated carbocycles. The summed E-state index contributed by atoms with van der Waals surface area (Å²) in [5.74, 6) is -0.766. The average molecular weight is 197 g/mol. The number of piperidine rings is 1. The van der Waals surface area contributed by atoms with Gasteiger partial charge in [0.25, 0.3) is 0 Å². The molecule has 14 heavy (non-hydrogen) atoms. The van der Waals surface area contributed by atoms with Gasteiger partial charge in [-0.2, -0.15) is 0 Å². The van der Waals surface area contributed by atoms with Crippen LogP contribution in [0.15, 0.2) is 11.1 Å². The monoisotopic (exact) mass is 197 g/mol. The van der Waals surface area contributed by atoms with Crippen molar-refractivity contribution in [2.45, 2.75) is 39.7 Å². The van der Waals surface area contributed by atoms with Crippen LogP contribution in [0.25, 0.3) is 0 Å². The standard InChI is InChI=1S/C11H19NO2/c1-8(2)12-6-4-10(5-7-12)9(3)11(13)14/h8H,4-7H2,1-3H3,(H,13,14). The Hall–Kier alpha value is -0.830. The van der Waals surface area contributed by atoms with Crippen LogP contribution >= 0.6 is 0 Å². The van der Waals surface area contributed by atoms with Crippen molar-refractivity contribution in [2.24, 2.45) is 0 Å². The van der Waals surface area contributed by atoms with E-state index >= 15 is 0 Å². The van der Waals surface area contributed by atoms with Crippen LogP contribution in [0.4, 0.5) is 0 Å². The van der Waals surface area contributed by atoms with E-state index in [2.05, 4.69) is 18.7 Å². The molecular formula is C11H19NO2. The zero-order valence-corrected chi connectivity index (χ0v) is 9.21. The lowest BCUT2D eigenvalue weighted by Crippen LogP contribution is -2.36. The first kappa shape index (κ1) is 11.2. The first-order valence-electron chi connectivity index (χ1n) is 5.18. The molecule has 0 unspecified atom stereocenters. The molecule has 1 fully saturated rings. The highest BCUT2D eigenvalue weighted by atomic mass is 16.4. The summed E-state index contributed by atoms with van der Waals surface area (Å²) >= 11 is 0. The van der Waals surface area contributed by atoms with Crippen molar-refractivity contribution >= 4 is 5.97 Å². The molecule has 80 valence electrons. The van der Waals surface area contributed by atoms with Crippen LogP contribution in [0.2, 0.25) is 0 Å². The van der Waals surface area contributed by atoms with Crippen molar-refractivity contribution in [3.63, 3.8) is 0 Å².